The zero-order valence-electron chi connectivity index (χ0n) is 5.97. The van der Waals surface area contributed by atoms with E-state index in [1.807, 2.05) is 13.8 Å². The molecule has 0 spiro atoms. The molecule has 0 rings (SSSR count). The van der Waals surface area contributed by atoms with E-state index in [0.29, 0.717) is 4.38 Å². The van der Waals surface area contributed by atoms with Gasteiger partial charge in [0.1, 0.15) is 0 Å². The fraction of sp³-hybridized carbons (Fsp3) is 0.750. The van der Waals surface area contributed by atoms with Crippen molar-refractivity contribution in [2.24, 2.45) is 0 Å². The summed E-state index contributed by atoms with van der Waals surface area (Å²) in [6, 6.07) is 0. The maximum absolute atomic E-state index is 5.22. The fourth-order valence-corrected chi connectivity index (χ4v) is 6.40. The Morgan fingerprint density at radius 1 is 1.45 bits per heavy atom. The van der Waals surface area contributed by atoms with Gasteiger partial charge in [-0.3, -0.25) is 0 Å². The van der Waals surface area contributed by atoms with Crippen LogP contribution in [0.2, 0.25) is 0 Å². The average Bonchev–Trinajstić information content (AvgIpc) is 1.86. The van der Waals surface area contributed by atoms with Gasteiger partial charge in [-0.2, -0.15) is 0 Å². The Kier molecular flexibility index (Phi) is 9.48. The van der Waals surface area contributed by atoms with Crippen molar-refractivity contribution in [2.45, 2.75) is 20.0 Å². The van der Waals surface area contributed by atoms with Gasteiger partial charge in [-0.1, -0.05) is 11.7 Å². The Hall–Kier alpha value is 1.64. The van der Waals surface area contributed by atoms with Crippen molar-refractivity contribution in [2.75, 3.05) is 0 Å². The zero-order valence-corrected chi connectivity index (χ0v) is 11.0. The van der Waals surface area contributed by atoms with Gasteiger partial charge in [0, 0.05) is 10.8 Å². The van der Waals surface area contributed by atoms with E-state index in [2.05, 4.69) is 11.7 Å². The lowest BCUT2D eigenvalue weighted by atomic mass is 10.5. The molecule has 1 nitrogen and oxygen atoms in total. The molecule has 0 aliphatic rings. The van der Waals surface area contributed by atoms with Gasteiger partial charge >= 0.3 is 0 Å². The molecule has 0 aromatic heterocycles. The smallest absolute Gasteiger partial charge is 0.231 e. The van der Waals surface area contributed by atoms with Gasteiger partial charge < -0.3 is 4.74 Å². The number of rotatable bonds is 4. The lowest BCUT2D eigenvalue weighted by Gasteiger charge is -2.07. The highest BCUT2D eigenvalue weighted by Crippen LogP contribution is 2.45. The van der Waals surface area contributed by atoms with E-state index in [-0.39, 0.29) is 6.10 Å². The molecule has 0 saturated carbocycles. The molecular formula is C4H8OS6. The first-order valence-electron chi connectivity index (χ1n) is 2.69. The van der Waals surface area contributed by atoms with Crippen LogP contribution in [0.15, 0.2) is 0 Å². The number of thiol groups is 1. The molecule has 0 amide bonds. The van der Waals surface area contributed by atoms with E-state index in [4.69, 9.17) is 17.0 Å². The summed E-state index contributed by atoms with van der Waals surface area (Å²) in [5.74, 6) is 0. The van der Waals surface area contributed by atoms with E-state index in [0.717, 1.165) is 0 Å². The second-order valence-corrected chi connectivity index (χ2v) is 8.85. The molecule has 0 fully saturated rings. The lowest BCUT2D eigenvalue weighted by molar-refractivity contribution is 0.243. The maximum atomic E-state index is 5.22. The predicted octanol–water partition coefficient (Wildman–Crippen LogP) is 4.22. The Morgan fingerprint density at radius 3 is 2.55 bits per heavy atom. The summed E-state index contributed by atoms with van der Waals surface area (Å²) in [6.07, 6.45) is 0.171. The molecule has 11 heavy (non-hydrogen) atoms. The molecular weight excluding hydrogens is 256 g/mol. The highest BCUT2D eigenvalue weighted by atomic mass is 33.8. The SMILES string of the molecule is CC(C)OC(=S)SSSSS. The molecule has 0 aromatic rings. The summed E-state index contributed by atoms with van der Waals surface area (Å²) in [7, 11) is 5.96. The van der Waals surface area contributed by atoms with E-state index in [1.54, 1.807) is 19.7 Å². The number of ether oxygens (including phenoxy) is 1. The standard InChI is InChI=1S/C4H8OS6/c1-3(2)5-4(6)8-10-11-9-7/h3,7H,1-2H3. The molecule has 0 radical (unpaired) electrons. The van der Waals surface area contributed by atoms with Crippen molar-refractivity contribution in [3.05, 3.63) is 0 Å². The summed E-state index contributed by atoms with van der Waals surface area (Å²) in [5, 5.41) is 0. The first kappa shape index (κ1) is 12.6. The van der Waals surface area contributed by atoms with Crippen LogP contribution in [0.25, 0.3) is 0 Å². The van der Waals surface area contributed by atoms with Gasteiger partial charge in [0.25, 0.3) is 0 Å². The minimum Gasteiger partial charge on any atom is -0.475 e. The van der Waals surface area contributed by atoms with Crippen molar-refractivity contribution in [1.82, 2.24) is 0 Å². The molecule has 7 heteroatoms. The second-order valence-electron chi connectivity index (χ2n) is 1.71. The van der Waals surface area contributed by atoms with Crippen LogP contribution in [0.5, 0.6) is 0 Å². The lowest BCUT2D eigenvalue weighted by Crippen LogP contribution is -2.04. The first-order chi connectivity index (χ1) is 5.16. The van der Waals surface area contributed by atoms with Crippen LogP contribution in [-0.4, -0.2) is 10.5 Å². The summed E-state index contributed by atoms with van der Waals surface area (Å²) >= 11 is 8.87. The first-order valence-corrected chi connectivity index (χ1v) is 8.96. The second kappa shape index (κ2) is 8.25. The third kappa shape index (κ3) is 9.55. The number of hydrogen-bond donors (Lipinski definition) is 1. The van der Waals surface area contributed by atoms with Crippen LogP contribution < -0.4 is 0 Å². The van der Waals surface area contributed by atoms with E-state index >= 15 is 0 Å². The third-order valence-electron chi connectivity index (χ3n) is 0.492. The third-order valence-corrected chi connectivity index (χ3v) is 7.38. The van der Waals surface area contributed by atoms with Crippen molar-refractivity contribution in [3.8, 4) is 0 Å². The Balaban J connectivity index is 3.23. The predicted molar refractivity (Wildman–Crippen MR) is 68.2 cm³/mol. The summed E-state index contributed by atoms with van der Waals surface area (Å²) < 4.78 is 5.81. The molecule has 0 aliphatic carbocycles. The molecule has 0 heterocycles. The Bertz CT molecular complexity index is 115. The zero-order chi connectivity index (χ0) is 8.69. The Morgan fingerprint density at radius 2 is 2.09 bits per heavy atom. The van der Waals surface area contributed by atoms with Gasteiger partial charge in [-0.05, 0) is 55.5 Å². The van der Waals surface area contributed by atoms with Crippen LogP contribution in [0.4, 0.5) is 0 Å². The highest BCUT2D eigenvalue weighted by molar-refractivity contribution is 9.35. The van der Waals surface area contributed by atoms with Gasteiger partial charge in [0.05, 0.1) is 6.10 Å². The van der Waals surface area contributed by atoms with Crippen molar-refractivity contribution in [1.29, 1.82) is 0 Å². The van der Waals surface area contributed by atoms with Gasteiger partial charge in [0.15, 0.2) is 0 Å². The fourth-order valence-electron chi connectivity index (χ4n) is 0.266. The largest absolute Gasteiger partial charge is 0.475 e. The van der Waals surface area contributed by atoms with Crippen LogP contribution in [0, 0.1) is 0 Å². The Labute approximate surface area is 92.6 Å². The monoisotopic (exact) mass is 264 g/mol. The molecule has 0 bridgehead atoms. The summed E-state index contributed by atoms with van der Waals surface area (Å²) in [6.45, 7) is 3.91. The van der Waals surface area contributed by atoms with Crippen LogP contribution in [-0.2, 0) is 4.74 Å². The summed E-state index contributed by atoms with van der Waals surface area (Å²) in [5.41, 5.74) is 0. The van der Waals surface area contributed by atoms with E-state index in [9.17, 15) is 0 Å². The highest BCUT2D eigenvalue weighted by Gasteiger charge is 2.01. The van der Waals surface area contributed by atoms with Gasteiger partial charge in [-0.15, -0.1) is 0 Å². The molecule has 0 aliphatic heterocycles. The quantitative estimate of drug-likeness (QED) is 0.350. The number of hydrogen-bond acceptors (Lipinski definition) is 7. The summed E-state index contributed by atoms with van der Waals surface area (Å²) in [4.78, 5) is 0. The maximum Gasteiger partial charge on any atom is 0.231 e. The van der Waals surface area contributed by atoms with Gasteiger partial charge in [-0.25, -0.2) is 0 Å². The van der Waals surface area contributed by atoms with Crippen molar-refractivity contribution in [3.63, 3.8) is 0 Å². The molecule has 0 aromatic carbocycles. The van der Waals surface area contributed by atoms with Gasteiger partial charge in [0.2, 0.25) is 4.38 Å². The normalized spacial score (nSPS) is 10.2. The topological polar surface area (TPSA) is 9.23 Å². The molecule has 66 valence electrons. The number of thiocarbonyl (C=S) groups is 1. The molecule has 0 N–H and O–H groups in total. The molecule has 0 saturated heterocycles. The van der Waals surface area contributed by atoms with Crippen molar-refractivity contribution < 1.29 is 4.74 Å². The van der Waals surface area contributed by atoms with E-state index in [1.165, 1.54) is 20.6 Å². The minimum atomic E-state index is 0.171. The van der Waals surface area contributed by atoms with Crippen LogP contribution in [0.3, 0.4) is 0 Å². The van der Waals surface area contributed by atoms with Crippen molar-refractivity contribution >= 4 is 68.5 Å². The molecule has 0 unspecified atom stereocenters. The van der Waals surface area contributed by atoms with Crippen LogP contribution in [0.1, 0.15) is 13.8 Å². The van der Waals surface area contributed by atoms with E-state index < -0.39 is 0 Å². The molecule has 0 atom stereocenters. The van der Waals surface area contributed by atoms with Crippen LogP contribution >= 0.6 is 64.2 Å². The minimum absolute atomic E-state index is 0.171. The average molecular weight is 265 g/mol.